The number of hydrogen-bond donors (Lipinski definition) is 2. The predicted molar refractivity (Wildman–Crippen MR) is 190 cm³/mol. The third-order valence-electron chi connectivity index (χ3n) is 8.97. The SMILES string of the molecule is COc1cc(C#CC(=O)N2C[C@@H](CCl)c3c2cc(O)c2ccccc32)ccc1C#CC(=O)N1C[C@@H](CCl)c2c1cc(O)c1ccccc21. The number of nitrogens with zero attached hydrogens (tertiary/aromatic N) is 2. The number of ether oxygens (including phenoxy) is 1. The molecule has 2 atom stereocenters. The highest BCUT2D eigenvalue weighted by Gasteiger charge is 2.35. The fraction of sp³-hybridized carbons (Fsp3) is 0.179. The van der Waals surface area contributed by atoms with E-state index in [2.05, 4.69) is 23.7 Å². The lowest BCUT2D eigenvalue weighted by Gasteiger charge is -2.15. The maximum absolute atomic E-state index is 13.4. The number of phenols is 2. The Morgan fingerprint density at radius 1 is 0.729 bits per heavy atom. The van der Waals surface area contributed by atoms with Crippen molar-refractivity contribution in [2.75, 3.05) is 41.8 Å². The molecule has 0 spiro atoms. The number of benzene rings is 5. The van der Waals surface area contributed by atoms with Crippen molar-refractivity contribution >= 4 is 67.9 Å². The summed E-state index contributed by atoms with van der Waals surface area (Å²) in [7, 11) is 1.49. The highest BCUT2D eigenvalue weighted by atomic mass is 35.5. The average Bonchev–Trinajstić information content (AvgIpc) is 3.68. The molecule has 48 heavy (non-hydrogen) atoms. The standard InChI is InChI=1S/C39H28Cl2N2O5/c1-48-35-16-23(11-14-36(46)42-21-25(19-40)38-29-8-4-2-6-27(29)33(44)17-31(38)42)10-12-24(35)13-15-37(47)43-22-26(20-41)39-30-9-5-3-7-28(30)34(45)18-32(39)43/h2-10,12,16-18,25-26,44-45H,19-22H2,1H3/t25-,26-/m1/s1. The van der Waals surface area contributed by atoms with E-state index in [0.717, 1.165) is 21.9 Å². The first kappa shape index (κ1) is 31.3. The van der Waals surface area contributed by atoms with Gasteiger partial charge in [-0.05, 0) is 40.1 Å². The zero-order valence-electron chi connectivity index (χ0n) is 25.8. The van der Waals surface area contributed by atoms with Crippen LogP contribution in [-0.4, -0.2) is 54.0 Å². The number of alkyl halides is 2. The van der Waals surface area contributed by atoms with E-state index in [-0.39, 0.29) is 23.3 Å². The van der Waals surface area contributed by atoms with Crippen molar-refractivity contribution in [1.82, 2.24) is 0 Å². The Bertz CT molecular complexity index is 2280. The van der Waals surface area contributed by atoms with E-state index in [1.54, 1.807) is 40.1 Å². The molecule has 238 valence electrons. The maximum Gasteiger partial charge on any atom is 0.303 e. The third-order valence-corrected chi connectivity index (χ3v) is 9.72. The molecule has 0 bridgehead atoms. The molecular weight excluding hydrogens is 647 g/mol. The van der Waals surface area contributed by atoms with Gasteiger partial charge in [-0.3, -0.25) is 9.59 Å². The first-order chi connectivity index (χ1) is 23.3. The van der Waals surface area contributed by atoms with E-state index in [1.165, 1.54) is 7.11 Å². The van der Waals surface area contributed by atoms with E-state index in [9.17, 15) is 19.8 Å². The molecule has 2 heterocycles. The van der Waals surface area contributed by atoms with Crippen LogP contribution in [0.1, 0.15) is 34.1 Å². The number of fused-ring (bicyclic) bond motifs is 6. The van der Waals surface area contributed by atoms with Gasteiger partial charge in [0.25, 0.3) is 0 Å². The van der Waals surface area contributed by atoms with Gasteiger partial charge in [0.15, 0.2) is 0 Å². The number of phenolic OH excluding ortho intramolecular Hbond substituents is 2. The van der Waals surface area contributed by atoms with Crippen molar-refractivity contribution < 1.29 is 24.5 Å². The number of rotatable bonds is 3. The smallest absolute Gasteiger partial charge is 0.303 e. The monoisotopic (exact) mass is 674 g/mol. The van der Waals surface area contributed by atoms with Gasteiger partial charge in [-0.1, -0.05) is 60.4 Å². The predicted octanol–water partition coefficient (Wildman–Crippen LogP) is 6.85. The number of carbonyl (C=O) groups is 2. The molecule has 0 aliphatic carbocycles. The summed E-state index contributed by atoms with van der Waals surface area (Å²) in [5.74, 6) is 11.4. The molecule has 5 aromatic rings. The minimum atomic E-state index is -0.435. The second-order valence-corrected chi connectivity index (χ2v) is 12.3. The number of aromatic hydroxyl groups is 2. The molecular formula is C39H28Cl2N2O5. The van der Waals surface area contributed by atoms with Crippen LogP contribution in [0.4, 0.5) is 11.4 Å². The quantitative estimate of drug-likeness (QED) is 0.161. The Morgan fingerprint density at radius 3 is 1.69 bits per heavy atom. The number of anilines is 2. The van der Waals surface area contributed by atoms with Crippen LogP contribution in [-0.2, 0) is 9.59 Å². The van der Waals surface area contributed by atoms with Crippen molar-refractivity contribution in [3.8, 4) is 40.9 Å². The lowest BCUT2D eigenvalue weighted by Crippen LogP contribution is -2.28. The Morgan fingerprint density at radius 2 is 1.21 bits per heavy atom. The van der Waals surface area contributed by atoms with Crippen LogP contribution in [0.2, 0.25) is 0 Å². The van der Waals surface area contributed by atoms with Crippen LogP contribution < -0.4 is 14.5 Å². The molecule has 0 fully saturated rings. The zero-order valence-corrected chi connectivity index (χ0v) is 27.3. The van der Waals surface area contributed by atoms with Crippen LogP contribution in [0, 0.1) is 23.7 Å². The van der Waals surface area contributed by atoms with E-state index in [1.807, 2.05) is 48.5 Å². The fourth-order valence-electron chi connectivity index (χ4n) is 6.74. The summed E-state index contributed by atoms with van der Waals surface area (Å²) >= 11 is 12.6. The molecule has 0 saturated heterocycles. The van der Waals surface area contributed by atoms with Crippen LogP contribution >= 0.6 is 23.2 Å². The molecule has 9 heteroatoms. The van der Waals surface area contributed by atoms with Crippen molar-refractivity contribution in [3.63, 3.8) is 0 Å². The van der Waals surface area contributed by atoms with Gasteiger partial charge in [0, 0.05) is 77.0 Å². The van der Waals surface area contributed by atoms with Gasteiger partial charge in [0.1, 0.15) is 17.2 Å². The summed E-state index contributed by atoms with van der Waals surface area (Å²) in [5, 5.41) is 24.5. The minimum absolute atomic E-state index is 0.0848. The summed E-state index contributed by atoms with van der Waals surface area (Å²) in [4.78, 5) is 29.8. The Labute approximate surface area is 287 Å². The molecule has 5 aromatic carbocycles. The van der Waals surface area contributed by atoms with E-state index >= 15 is 0 Å². The van der Waals surface area contributed by atoms with E-state index in [0.29, 0.717) is 63.9 Å². The summed E-state index contributed by atoms with van der Waals surface area (Å²) in [6, 6.07) is 23.3. The molecule has 2 amide bonds. The van der Waals surface area contributed by atoms with Gasteiger partial charge in [-0.2, -0.15) is 0 Å². The number of methoxy groups -OCH3 is 1. The number of carbonyl (C=O) groups excluding carboxylic acids is 2. The van der Waals surface area contributed by atoms with Crippen LogP contribution in [0.5, 0.6) is 17.2 Å². The van der Waals surface area contributed by atoms with Crippen molar-refractivity contribution in [2.24, 2.45) is 0 Å². The second-order valence-electron chi connectivity index (χ2n) is 11.7. The van der Waals surface area contributed by atoms with Crippen molar-refractivity contribution in [2.45, 2.75) is 11.8 Å². The average molecular weight is 676 g/mol. The van der Waals surface area contributed by atoms with Gasteiger partial charge in [-0.25, -0.2) is 0 Å². The lowest BCUT2D eigenvalue weighted by atomic mass is 9.95. The van der Waals surface area contributed by atoms with Gasteiger partial charge < -0.3 is 24.7 Å². The van der Waals surface area contributed by atoms with Gasteiger partial charge in [0.2, 0.25) is 0 Å². The Hall–Kier alpha value is -5.34. The van der Waals surface area contributed by atoms with Gasteiger partial charge in [0.05, 0.1) is 24.0 Å². The molecule has 7 rings (SSSR count). The molecule has 2 N–H and O–H groups in total. The summed E-state index contributed by atoms with van der Waals surface area (Å²) < 4.78 is 5.55. The normalized spacial score (nSPS) is 16.1. The van der Waals surface area contributed by atoms with Crippen LogP contribution in [0.25, 0.3) is 21.5 Å². The maximum atomic E-state index is 13.4. The van der Waals surface area contributed by atoms with Crippen LogP contribution in [0.3, 0.4) is 0 Å². The second kappa shape index (κ2) is 12.7. The van der Waals surface area contributed by atoms with Gasteiger partial charge >= 0.3 is 11.8 Å². The first-order valence-corrected chi connectivity index (χ1v) is 16.4. The van der Waals surface area contributed by atoms with Gasteiger partial charge in [-0.15, -0.1) is 23.2 Å². The van der Waals surface area contributed by atoms with E-state index in [4.69, 9.17) is 27.9 Å². The first-order valence-electron chi connectivity index (χ1n) is 15.3. The molecule has 2 aliphatic heterocycles. The molecule has 0 saturated carbocycles. The minimum Gasteiger partial charge on any atom is -0.507 e. The zero-order chi connectivity index (χ0) is 33.5. The van der Waals surface area contributed by atoms with Crippen molar-refractivity contribution in [1.29, 1.82) is 0 Å². The molecule has 0 aromatic heterocycles. The van der Waals surface area contributed by atoms with Crippen LogP contribution in [0.15, 0.2) is 78.9 Å². The molecule has 0 radical (unpaired) electrons. The molecule has 7 nitrogen and oxygen atoms in total. The Balaban J connectivity index is 1.13. The van der Waals surface area contributed by atoms with Crippen molar-refractivity contribution in [3.05, 3.63) is 101 Å². The topological polar surface area (TPSA) is 90.3 Å². The summed E-state index contributed by atoms with van der Waals surface area (Å²) in [6.07, 6.45) is 0. The number of halogens is 2. The third kappa shape index (κ3) is 5.32. The fourth-order valence-corrected chi connectivity index (χ4v) is 7.25. The van der Waals surface area contributed by atoms with E-state index < -0.39 is 11.8 Å². The number of hydrogen-bond acceptors (Lipinski definition) is 5. The molecule has 2 aliphatic rings. The number of amides is 2. The highest BCUT2D eigenvalue weighted by Crippen LogP contribution is 2.46. The summed E-state index contributed by atoms with van der Waals surface area (Å²) in [5.41, 5.74) is 4.04. The molecule has 0 unspecified atom stereocenters. The highest BCUT2D eigenvalue weighted by molar-refractivity contribution is 6.20. The largest absolute Gasteiger partial charge is 0.507 e. The Kier molecular flexibility index (Phi) is 8.27. The summed E-state index contributed by atoms with van der Waals surface area (Å²) in [6.45, 7) is 0.705. The lowest BCUT2D eigenvalue weighted by molar-refractivity contribution is -0.114.